The second kappa shape index (κ2) is 8.85. The molecule has 18 heavy (non-hydrogen) atoms. The van der Waals surface area contributed by atoms with Gasteiger partial charge in [-0.3, -0.25) is 4.79 Å². The van der Waals surface area contributed by atoms with Crippen LogP contribution in [0.2, 0.25) is 0 Å². The van der Waals surface area contributed by atoms with Crippen molar-refractivity contribution < 1.29 is 4.79 Å². The van der Waals surface area contributed by atoms with Gasteiger partial charge in [-0.1, -0.05) is 56.8 Å². The summed E-state index contributed by atoms with van der Waals surface area (Å²) in [7, 11) is 0. The summed E-state index contributed by atoms with van der Waals surface area (Å²) in [6.45, 7) is 2.21. The maximum Gasteiger partial charge on any atom is 0.226 e. The molecule has 6 heteroatoms. The van der Waals surface area contributed by atoms with E-state index in [1.807, 2.05) is 0 Å². The minimum absolute atomic E-state index is 0.000270. The number of rotatable bonds is 9. The largest absolute Gasteiger partial charge is 0.374 e. The molecule has 0 atom stereocenters. The average molecular weight is 270 g/mol. The first-order valence-corrected chi connectivity index (χ1v) is 7.43. The zero-order valence-corrected chi connectivity index (χ0v) is 11.8. The molecule has 0 aliphatic heterocycles. The standard InChI is InChI=1S/C12H22N4OS/c1-2-3-4-5-6-7-8-9-10(17)14-12-16-15-11(13)18-12/h2-9H2,1H3,(H2,13,15)(H,14,16,17). The summed E-state index contributed by atoms with van der Waals surface area (Å²) in [6.07, 6.45) is 9.01. The Morgan fingerprint density at radius 3 is 2.44 bits per heavy atom. The summed E-state index contributed by atoms with van der Waals surface area (Å²) in [5, 5.41) is 10.9. The van der Waals surface area contributed by atoms with Crippen molar-refractivity contribution in [2.45, 2.75) is 58.3 Å². The van der Waals surface area contributed by atoms with Gasteiger partial charge in [-0.2, -0.15) is 0 Å². The second-order valence-corrected chi connectivity index (χ2v) is 5.37. The predicted molar refractivity (Wildman–Crippen MR) is 75.6 cm³/mol. The molecule has 1 amide bonds. The molecule has 0 aromatic carbocycles. The topological polar surface area (TPSA) is 80.9 Å². The fourth-order valence-electron chi connectivity index (χ4n) is 1.71. The normalized spacial score (nSPS) is 10.5. The Hall–Kier alpha value is -1.17. The Bertz CT molecular complexity index is 354. The van der Waals surface area contributed by atoms with E-state index in [9.17, 15) is 4.79 Å². The van der Waals surface area contributed by atoms with E-state index in [1.54, 1.807) is 0 Å². The maximum atomic E-state index is 11.5. The number of nitrogens with one attached hydrogen (secondary N) is 1. The minimum atomic E-state index is -0.000270. The van der Waals surface area contributed by atoms with Crippen LogP contribution in [0.1, 0.15) is 58.3 Å². The number of carbonyl (C=O) groups excluding carboxylic acids is 1. The molecule has 102 valence electrons. The number of amides is 1. The molecule has 3 N–H and O–H groups in total. The molecule has 0 fully saturated rings. The van der Waals surface area contributed by atoms with Crippen LogP contribution in [0.5, 0.6) is 0 Å². The van der Waals surface area contributed by atoms with Crippen LogP contribution >= 0.6 is 11.3 Å². The lowest BCUT2D eigenvalue weighted by atomic mass is 10.1. The lowest BCUT2D eigenvalue weighted by molar-refractivity contribution is -0.116. The van der Waals surface area contributed by atoms with Crippen molar-refractivity contribution in [3.8, 4) is 0 Å². The Labute approximate surface area is 112 Å². The molecule has 0 bridgehead atoms. The summed E-state index contributed by atoms with van der Waals surface area (Å²) in [4.78, 5) is 11.5. The van der Waals surface area contributed by atoms with Crippen LogP contribution in [0.4, 0.5) is 10.3 Å². The van der Waals surface area contributed by atoms with E-state index in [4.69, 9.17) is 5.73 Å². The van der Waals surface area contributed by atoms with E-state index < -0.39 is 0 Å². The zero-order chi connectivity index (χ0) is 13.2. The molecule has 1 rings (SSSR count). The highest BCUT2D eigenvalue weighted by atomic mass is 32.1. The first-order chi connectivity index (χ1) is 8.72. The third kappa shape index (κ3) is 6.54. The number of anilines is 2. The smallest absolute Gasteiger partial charge is 0.226 e. The Kier molecular flexibility index (Phi) is 7.32. The Morgan fingerprint density at radius 2 is 1.83 bits per heavy atom. The van der Waals surface area contributed by atoms with Crippen LogP contribution in [0.15, 0.2) is 0 Å². The highest BCUT2D eigenvalue weighted by molar-refractivity contribution is 7.18. The van der Waals surface area contributed by atoms with E-state index in [0.29, 0.717) is 16.7 Å². The molecule has 1 aromatic heterocycles. The number of nitrogens with zero attached hydrogens (tertiary/aromatic N) is 2. The maximum absolute atomic E-state index is 11.5. The van der Waals surface area contributed by atoms with E-state index >= 15 is 0 Å². The molecule has 0 saturated carbocycles. The van der Waals surface area contributed by atoms with E-state index in [1.165, 1.54) is 43.4 Å². The summed E-state index contributed by atoms with van der Waals surface area (Å²) in [5.41, 5.74) is 5.43. The molecule has 5 nitrogen and oxygen atoms in total. The predicted octanol–water partition coefficient (Wildman–Crippen LogP) is 3.20. The van der Waals surface area contributed by atoms with Gasteiger partial charge in [-0.25, -0.2) is 0 Å². The van der Waals surface area contributed by atoms with Crippen molar-refractivity contribution >= 4 is 27.5 Å². The molecule has 0 unspecified atom stereocenters. The summed E-state index contributed by atoms with van der Waals surface area (Å²) < 4.78 is 0. The molecule has 0 saturated heterocycles. The Balaban J connectivity index is 2.00. The molecule has 1 aromatic rings. The van der Waals surface area contributed by atoms with Gasteiger partial charge < -0.3 is 11.1 Å². The molecule has 0 radical (unpaired) electrons. The van der Waals surface area contributed by atoms with Gasteiger partial charge in [0.15, 0.2) is 0 Å². The summed E-state index contributed by atoms with van der Waals surface area (Å²) >= 11 is 1.19. The highest BCUT2D eigenvalue weighted by Crippen LogP contribution is 2.17. The highest BCUT2D eigenvalue weighted by Gasteiger charge is 2.05. The number of hydrogen-bond acceptors (Lipinski definition) is 5. The zero-order valence-electron chi connectivity index (χ0n) is 10.9. The molecule has 0 aliphatic carbocycles. The van der Waals surface area contributed by atoms with Crippen LogP contribution < -0.4 is 11.1 Å². The fraction of sp³-hybridized carbons (Fsp3) is 0.750. The number of nitrogen functional groups attached to an aromatic ring is 1. The van der Waals surface area contributed by atoms with Crippen LogP contribution in [-0.2, 0) is 4.79 Å². The van der Waals surface area contributed by atoms with Gasteiger partial charge in [0.2, 0.25) is 16.2 Å². The number of unbranched alkanes of at least 4 members (excludes halogenated alkanes) is 6. The van der Waals surface area contributed by atoms with Gasteiger partial charge in [0.1, 0.15) is 0 Å². The number of nitrogens with two attached hydrogens (primary N) is 1. The second-order valence-electron chi connectivity index (χ2n) is 4.36. The van der Waals surface area contributed by atoms with Gasteiger partial charge in [-0.15, -0.1) is 10.2 Å². The molecular weight excluding hydrogens is 248 g/mol. The molecule has 1 heterocycles. The van der Waals surface area contributed by atoms with Gasteiger partial charge in [-0.05, 0) is 6.42 Å². The monoisotopic (exact) mass is 270 g/mol. The van der Waals surface area contributed by atoms with Crippen molar-refractivity contribution in [1.29, 1.82) is 0 Å². The average Bonchev–Trinajstić information content (AvgIpc) is 2.73. The van der Waals surface area contributed by atoms with Crippen molar-refractivity contribution in [2.75, 3.05) is 11.1 Å². The van der Waals surface area contributed by atoms with Gasteiger partial charge in [0.05, 0.1) is 0 Å². The van der Waals surface area contributed by atoms with Crippen LogP contribution in [0.3, 0.4) is 0 Å². The molecular formula is C12H22N4OS. The first kappa shape index (κ1) is 14.9. The van der Waals surface area contributed by atoms with Crippen LogP contribution in [0.25, 0.3) is 0 Å². The quantitative estimate of drug-likeness (QED) is 0.675. The lowest BCUT2D eigenvalue weighted by Crippen LogP contribution is -2.10. The summed E-state index contributed by atoms with van der Waals surface area (Å²) in [5.74, 6) is -0.000270. The third-order valence-electron chi connectivity index (χ3n) is 2.69. The summed E-state index contributed by atoms with van der Waals surface area (Å²) in [6, 6.07) is 0. The molecule has 0 aliphatic rings. The first-order valence-electron chi connectivity index (χ1n) is 6.61. The molecule has 0 spiro atoms. The third-order valence-corrected chi connectivity index (χ3v) is 3.36. The number of hydrogen-bond donors (Lipinski definition) is 2. The fourth-order valence-corrected chi connectivity index (χ4v) is 2.24. The number of aromatic nitrogens is 2. The van der Waals surface area contributed by atoms with Gasteiger partial charge >= 0.3 is 0 Å². The van der Waals surface area contributed by atoms with Crippen molar-refractivity contribution in [3.05, 3.63) is 0 Å². The van der Waals surface area contributed by atoms with Crippen molar-refractivity contribution in [2.24, 2.45) is 0 Å². The van der Waals surface area contributed by atoms with E-state index in [0.717, 1.165) is 12.8 Å². The SMILES string of the molecule is CCCCCCCCCC(=O)Nc1nnc(N)s1. The number of carbonyl (C=O) groups is 1. The van der Waals surface area contributed by atoms with Crippen molar-refractivity contribution in [1.82, 2.24) is 10.2 Å². The van der Waals surface area contributed by atoms with Crippen molar-refractivity contribution in [3.63, 3.8) is 0 Å². The van der Waals surface area contributed by atoms with Gasteiger partial charge in [0.25, 0.3) is 0 Å². The lowest BCUT2D eigenvalue weighted by Gasteiger charge is -2.01. The van der Waals surface area contributed by atoms with E-state index in [2.05, 4.69) is 22.4 Å². The van der Waals surface area contributed by atoms with Gasteiger partial charge in [0, 0.05) is 6.42 Å². The minimum Gasteiger partial charge on any atom is -0.374 e. The van der Waals surface area contributed by atoms with E-state index in [-0.39, 0.29) is 5.91 Å². The van der Waals surface area contributed by atoms with Crippen LogP contribution in [-0.4, -0.2) is 16.1 Å². The Morgan fingerprint density at radius 1 is 1.17 bits per heavy atom. The van der Waals surface area contributed by atoms with Crippen LogP contribution in [0, 0.1) is 0 Å².